The smallest absolute Gasteiger partial charge is 1.00 e. The Morgan fingerprint density at radius 1 is 0.225 bits per heavy atom. The predicted octanol–water partition coefficient (Wildman–Crippen LogP) is 2.64. The van der Waals surface area contributed by atoms with E-state index in [4.69, 9.17) is 0 Å². The number of benzene rings is 3. The maximum Gasteiger partial charge on any atom is -1.00 e. The first-order valence-electron chi connectivity index (χ1n) is 30.2. The molecule has 3 aromatic rings. The molecule has 3 aromatic carbocycles. The molecule has 17 heteroatoms. The van der Waals surface area contributed by atoms with Crippen molar-refractivity contribution in [2.75, 3.05) is 0 Å². The van der Waals surface area contributed by atoms with Crippen molar-refractivity contribution in [3.8, 4) is 0 Å². The fraction of sp³-hybridized carbons (Fsp3) is 0.651. The Hall–Kier alpha value is 1.54. The molecular formula is C63H123Cl3Si13Ti. The Labute approximate surface area is 542 Å². The molecule has 80 heavy (non-hydrogen) atoms. The minimum absolute atomic E-state index is 0. The molecule has 4 rings (SSSR count). The van der Waals surface area contributed by atoms with Crippen LogP contribution in [0.4, 0.5) is 0 Å². The molecule has 0 fully saturated rings. The van der Waals surface area contributed by atoms with Crippen molar-refractivity contribution >= 4 is 183 Å². The second-order valence-corrected chi connectivity index (χ2v) is 103. The molecule has 0 nitrogen and oxygen atoms in total. The molecule has 0 atom stereocenters. The molecule has 0 amide bonds. The zero-order valence-corrected chi connectivity index (χ0v) is 76.7. The molecule has 0 bridgehead atoms. The van der Waals surface area contributed by atoms with Gasteiger partial charge in [0, 0.05) is 0 Å². The van der Waals surface area contributed by atoms with Gasteiger partial charge in [0.1, 0.15) is 0 Å². The number of halogens is 3. The SMILES string of the molecule is CC1=C(C)[C]([Ti+3])([Si](c2c([Si](C)(C)C)cc([Si](C)(C)C)c([Si](C)(C)C)c2[Si](C)(C)C)(c2c([Si](C)(C)C)cc([Si](C)(C)C)c([Si](C)(C)C)c2[Si](C)(C)C)c2c([Si](C)(C)C)cc([Si](C)(C)C)c([Si](C)(C)C)c2[Si](C)(C)C)C(C)=C1C.[Cl-].[Cl-].[Cl-]. The van der Waals surface area contributed by atoms with Crippen LogP contribution in [0.15, 0.2) is 40.5 Å². The summed E-state index contributed by atoms with van der Waals surface area (Å²) in [6.07, 6.45) is 0. The van der Waals surface area contributed by atoms with Gasteiger partial charge in [-0.15, -0.1) is 0 Å². The van der Waals surface area contributed by atoms with Gasteiger partial charge in [-0.2, -0.15) is 0 Å². The van der Waals surface area contributed by atoms with E-state index in [0.717, 1.165) is 0 Å². The Balaban J connectivity index is 0.0000107. The molecule has 0 spiro atoms. The van der Waals surface area contributed by atoms with E-state index >= 15 is 0 Å². The first-order valence-corrected chi connectivity index (χ1v) is 75.0. The van der Waals surface area contributed by atoms with E-state index in [0.29, 0.717) is 0 Å². The summed E-state index contributed by atoms with van der Waals surface area (Å²) in [5.74, 6) is 0. The summed E-state index contributed by atoms with van der Waals surface area (Å²) in [6.45, 7) is 111. The summed E-state index contributed by atoms with van der Waals surface area (Å²) in [4.78, 5) is 0. The summed E-state index contributed by atoms with van der Waals surface area (Å²) < 4.78 is -0.234. The van der Waals surface area contributed by atoms with Crippen LogP contribution in [0.2, 0.25) is 239 Å². The number of rotatable bonds is 16. The maximum absolute atomic E-state index is 3.62. The van der Waals surface area contributed by atoms with Gasteiger partial charge in [0.2, 0.25) is 0 Å². The van der Waals surface area contributed by atoms with E-state index < -0.39 is 105 Å². The van der Waals surface area contributed by atoms with Gasteiger partial charge in [0.05, 0.1) is 0 Å². The van der Waals surface area contributed by atoms with Gasteiger partial charge in [-0.1, -0.05) is 0 Å². The second-order valence-electron chi connectivity index (χ2n) is 37.3. The third kappa shape index (κ3) is 14.4. The van der Waals surface area contributed by atoms with Crippen molar-refractivity contribution < 1.29 is 57.7 Å². The van der Waals surface area contributed by atoms with Crippen molar-refractivity contribution in [2.24, 2.45) is 0 Å². The van der Waals surface area contributed by atoms with Crippen LogP contribution in [0.5, 0.6) is 0 Å². The molecule has 1 aliphatic carbocycles. The van der Waals surface area contributed by atoms with Crippen LogP contribution in [-0.2, 0) is 20.4 Å². The third-order valence-corrected chi connectivity index (χ3v) is 53.6. The van der Waals surface area contributed by atoms with Crippen molar-refractivity contribution in [1.29, 1.82) is 0 Å². The van der Waals surface area contributed by atoms with Crippen molar-refractivity contribution in [3.63, 3.8) is 0 Å². The van der Waals surface area contributed by atoms with Gasteiger partial charge in [0.15, 0.2) is 0 Å². The first kappa shape index (κ1) is 79.6. The number of allylic oxidation sites excluding steroid dienone is 4. The first-order chi connectivity index (χ1) is 33.4. The largest absolute Gasteiger partial charge is 1.00 e. The Bertz CT molecular complexity index is 2610. The van der Waals surface area contributed by atoms with Crippen molar-refractivity contribution in [1.82, 2.24) is 0 Å². The molecular weight excluding hydrogens is 1280 g/mol. The molecule has 0 saturated carbocycles. The Morgan fingerprint density at radius 2 is 0.362 bits per heavy atom. The van der Waals surface area contributed by atoms with Crippen LogP contribution in [0.25, 0.3) is 0 Å². The van der Waals surface area contributed by atoms with Crippen molar-refractivity contribution in [3.05, 3.63) is 40.5 Å². The van der Waals surface area contributed by atoms with Crippen LogP contribution < -0.4 is 115 Å². The molecule has 0 N–H and O–H groups in total. The standard InChI is InChI=1S/C63H123Si13.3ClH.Ti/c1-44-45(2)47(4)54(46(44)3)76(58-51(67(14,15)16)41-48(64(5,6)7)55(70(23,24)25)61(58)73(32,33)34,59-52(68(17,18)19)42-49(65(8,9)10)56(71(26,27)28)62(59)74(35,36)37)60-53(69(20,21)22)43-50(66(11,12)13)57(72(29,30)31)63(60)75(38,39)40;;;;/h41-43H,1-40H3;3*1H;/q;;;;+3/p-3. The van der Waals surface area contributed by atoms with E-state index in [2.05, 4.69) is 302 Å². The summed E-state index contributed by atoms with van der Waals surface area (Å²) in [6, 6.07) is 9.29. The summed E-state index contributed by atoms with van der Waals surface area (Å²) >= 11 is 3.00. The molecule has 0 saturated heterocycles. The fourth-order valence-electron chi connectivity index (χ4n) is 14.3. The molecule has 452 valence electrons. The summed E-state index contributed by atoms with van der Waals surface area (Å²) in [5.41, 5.74) is 6.61. The zero-order chi connectivity index (χ0) is 61.1. The third-order valence-electron chi connectivity index (χ3n) is 17.8. The van der Waals surface area contributed by atoms with E-state index in [-0.39, 0.29) is 40.6 Å². The van der Waals surface area contributed by atoms with E-state index in [1.54, 1.807) is 22.3 Å². The van der Waals surface area contributed by atoms with Gasteiger partial charge in [-0.3, -0.25) is 0 Å². The summed E-state index contributed by atoms with van der Waals surface area (Å²) in [7, 11) is -29.0. The van der Waals surface area contributed by atoms with Crippen LogP contribution in [0.1, 0.15) is 27.7 Å². The maximum atomic E-state index is 3.10. The molecule has 0 unspecified atom stereocenters. The van der Waals surface area contributed by atoms with E-state index in [1.165, 1.54) is 0 Å². The minimum Gasteiger partial charge on any atom is -1.00 e. The van der Waals surface area contributed by atoms with E-state index in [1.807, 2.05) is 77.8 Å². The van der Waals surface area contributed by atoms with Gasteiger partial charge in [0.25, 0.3) is 0 Å². The van der Waals surface area contributed by atoms with Crippen molar-refractivity contribution in [2.45, 2.75) is 267 Å². The normalized spacial score (nSPS) is 16.0. The second kappa shape index (κ2) is 24.1. The summed E-state index contributed by atoms with van der Waals surface area (Å²) in [5, 5.41) is 28.9. The van der Waals surface area contributed by atoms with Gasteiger partial charge in [-0.25, -0.2) is 0 Å². The van der Waals surface area contributed by atoms with Gasteiger partial charge < -0.3 is 37.2 Å². The Morgan fingerprint density at radius 3 is 0.487 bits per heavy atom. The minimum atomic E-state index is -3.62. The Kier molecular flexibility index (Phi) is 23.9. The fourth-order valence-corrected chi connectivity index (χ4v) is 67.4. The average Bonchev–Trinajstić information content (AvgIpc) is 3.30. The molecule has 0 aromatic heterocycles. The zero-order valence-electron chi connectivity index (χ0n) is 59.9. The van der Waals surface area contributed by atoms with Crippen LogP contribution in [0, 0.1) is 0 Å². The molecule has 1 aliphatic rings. The van der Waals surface area contributed by atoms with Crippen LogP contribution in [-0.4, -0.2) is 105 Å². The van der Waals surface area contributed by atoms with Gasteiger partial charge >= 0.3 is 510 Å². The topological polar surface area (TPSA) is 0 Å². The molecule has 0 heterocycles. The quantitative estimate of drug-likeness (QED) is 0.153. The van der Waals surface area contributed by atoms with Gasteiger partial charge in [-0.05, 0) is 0 Å². The van der Waals surface area contributed by atoms with Crippen LogP contribution in [0.3, 0.4) is 0 Å². The molecule has 0 radical (unpaired) electrons. The average molecular weight is 1400 g/mol. The number of hydrogen-bond donors (Lipinski definition) is 0. The van der Waals surface area contributed by atoms with E-state index in [9.17, 15) is 0 Å². The monoisotopic (exact) mass is 1400 g/mol. The number of hydrogen-bond acceptors (Lipinski definition) is 0. The predicted molar refractivity (Wildman–Crippen MR) is 399 cm³/mol. The molecule has 0 aliphatic heterocycles. The van der Waals surface area contributed by atoms with Crippen LogP contribution >= 0.6 is 0 Å².